The molecule has 0 atom stereocenters. The Labute approximate surface area is 99.6 Å². The maximum Gasteiger partial charge on any atom is 0.309 e. The van der Waals surface area contributed by atoms with Gasteiger partial charge < -0.3 is 4.74 Å². The molecule has 0 spiro atoms. The van der Waals surface area contributed by atoms with Crippen LogP contribution in [0.2, 0.25) is 5.02 Å². The molecule has 0 saturated carbocycles. The first-order valence-corrected chi connectivity index (χ1v) is 5.28. The van der Waals surface area contributed by atoms with Gasteiger partial charge in [0.1, 0.15) is 0 Å². The molecule has 1 aromatic rings. The molecule has 0 aliphatic carbocycles. The second-order valence-electron chi connectivity index (χ2n) is 3.31. The average molecular weight is 238 g/mol. The minimum absolute atomic E-state index is 0.148. The molecule has 84 valence electrons. The van der Waals surface area contributed by atoms with Gasteiger partial charge in [-0.05, 0) is 29.7 Å². The molecule has 0 saturated heterocycles. The highest BCUT2D eigenvalue weighted by Gasteiger charge is 2.12. The van der Waals surface area contributed by atoms with E-state index in [0.717, 1.165) is 11.1 Å². The highest BCUT2D eigenvalue weighted by atomic mass is 35.5. The van der Waals surface area contributed by atoms with Crippen LogP contribution in [0.25, 0.3) is 0 Å². The number of carbonyl (C=O) groups is 1. The molecule has 0 unspecified atom stereocenters. The zero-order valence-electron chi connectivity index (χ0n) is 9.21. The van der Waals surface area contributed by atoms with Crippen molar-refractivity contribution in [3.05, 3.63) is 33.8 Å². The molecule has 0 amide bonds. The fourth-order valence-corrected chi connectivity index (χ4v) is 1.84. The summed E-state index contributed by atoms with van der Waals surface area (Å²) >= 11 is 5.88. The van der Waals surface area contributed by atoms with Gasteiger partial charge in [0.05, 0.1) is 25.2 Å². The zero-order valence-corrected chi connectivity index (χ0v) is 9.97. The van der Waals surface area contributed by atoms with E-state index in [4.69, 9.17) is 16.9 Å². The molecule has 0 radical (unpaired) electrons. The summed E-state index contributed by atoms with van der Waals surface area (Å²) < 4.78 is 4.60. The first-order chi connectivity index (χ1) is 7.62. The van der Waals surface area contributed by atoms with Crippen LogP contribution in [-0.4, -0.2) is 13.1 Å². The first-order valence-electron chi connectivity index (χ1n) is 4.90. The lowest BCUT2D eigenvalue weighted by atomic mass is 9.97. The smallest absolute Gasteiger partial charge is 0.309 e. The second kappa shape index (κ2) is 5.53. The Balaban J connectivity index is 3.21. The molecule has 0 N–H and O–H groups in total. The van der Waals surface area contributed by atoms with Crippen molar-refractivity contribution in [3.8, 4) is 6.07 Å². The highest BCUT2D eigenvalue weighted by molar-refractivity contribution is 6.30. The Hall–Kier alpha value is -1.53. The van der Waals surface area contributed by atoms with Crippen molar-refractivity contribution < 1.29 is 9.53 Å². The lowest BCUT2D eigenvalue weighted by Gasteiger charge is -2.09. The number of nitriles is 1. The van der Waals surface area contributed by atoms with Crippen LogP contribution in [0.3, 0.4) is 0 Å². The summed E-state index contributed by atoms with van der Waals surface area (Å²) in [5.41, 5.74) is 2.14. The summed E-state index contributed by atoms with van der Waals surface area (Å²) in [6.45, 7) is 1.94. The summed E-state index contributed by atoms with van der Waals surface area (Å²) in [5.74, 6) is -0.333. The third-order valence-electron chi connectivity index (χ3n) is 2.34. The van der Waals surface area contributed by atoms with Crippen molar-refractivity contribution in [3.63, 3.8) is 0 Å². The maximum absolute atomic E-state index is 11.2. The SMILES string of the molecule is CCc1c(C#N)cc(Cl)cc1CC(=O)OC. The van der Waals surface area contributed by atoms with Gasteiger partial charge in [-0.25, -0.2) is 0 Å². The number of hydrogen-bond acceptors (Lipinski definition) is 3. The van der Waals surface area contributed by atoms with Gasteiger partial charge in [0.25, 0.3) is 0 Å². The summed E-state index contributed by atoms with van der Waals surface area (Å²) in [4.78, 5) is 11.2. The van der Waals surface area contributed by atoms with Gasteiger partial charge in [-0.1, -0.05) is 18.5 Å². The molecule has 0 bridgehead atoms. The predicted octanol–water partition coefficient (Wildman–Crippen LogP) is 2.49. The van der Waals surface area contributed by atoms with Crippen LogP contribution in [0.4, 0.5) is 0 Å². The Bertz CT molecular complexity index is 449. The lowest BCUT2D eigenvalue weighted by molar-refractivity contribution is -0.139. The summed E-state index contributed by atoms with van der Waals surface area (Å²) in [6, 6.07) is 5.40. The van der Waals surface area contributed by atoms with E-state index in [9.17, 15) is 4.79 Å². The topological polar surface area (TPSA) is 50.1 Å². The number of esters is 1. The van der Waals surface area contributed by atoms with E-state index < -0.39 is 0 Å². The first kappa shape index (κ1) is 12.5. The van der Waals surface area contributed by atoms with Crippen LogP contribution < -0.4 is 0 Å². The number of hydrogen-bond donors (Lipinski definition) is 0. The molecule has 1 rings (SSSR count). The van der Waals surface area contributed by atoms with E-state index in [0.29, 0.717) is 17.0 Å². The van der Waals surface area contributed by atoms with Gasteiger partial charge in [0, 0.05) is 5.02 Å². The molecule has 0 aromatic heterocycles. The van der Waals surface area contributed by atoms with Crippen LogP contribution in [-0.2, 0) is 22.4 Å². The molecule has 4 heteroatoms. The van der Waals surface area contributed by atoms with E-state index in [1.165, 1.54) is 7.11 Å². The quantitative estimate of drug-likeness (QED) is 0.759. The number of halogens is 1. The number of benzene rings is 1. The number of rotatable bonds is 3. The minimum Gasteiger partial charge on any atom is -0.469 e. The van der Waals surface area contributed by atoms with Crippen molar-refractivity contribution in [2.45, 2.75) is 19.8 Å². The zero-order chi connectivity index (χ0) is 12.1. The van der Waals surface area contributed by atoms with Gasteiger partial charge in [-0.2, -0.15) is 5.26 Å². The molecule has 0 fully saturated rings. The van der Waals surface area contributed by atoms with Crippen LogP contribution in [0.15, 0.2) is 12.1 Å². The molecule has 0 aliphatic heterocycles. The fraction of sp³-hybridized carbons (Fsp3) is 0.333. The molecular weight excluding hydrogens is 226 g/mol. The van der Waals surface area contributed by atoms with E-state index in [1.54, 1.807) is 12.1 Å². The Morgan fingerprint density at radius 2 is 2.25 bits per heavy atom. The van der Waals surface area contributed by atoms with Gasteiger partial charge in [0.15, 0.2) is 0 Å². The van der Waals surface area contributed by atoms with Crippen molar-refractivity contribution in [1.29, 1.82) is 5.26 Å². The van der Waals surface area contributed by atoms with Crippen LogP contribution in [0.1, 0.15) is 23.6 Å². The number of carbonyl (C=O) groups excluding carboxylic acids is 1. The Morgan fingerprint density at radius 3 is 2.75 bits per heavy atom. The van der Waals surface area contributed by atoms with Gasteiger partial charge in [-0.15, -0.1) is 0 Å². The van der Waals surface area contributed by atoms with E-state index >= 15 is 0 Å². The predicted molar refractivity (Wildman–Crippen MR) is 61.3 cm³/mol. The Morgan fingerprint density at radius 1 is 1.56 bits per heavy atom. The van der Waals surface area contributed by atoms with E-state index in [-0.39, 0.29) is 12.4 Å². The molecule has 16 heavy (non-hydrogen) atoms. The summed E-state index contributed by atoms with van der Waals surface area (Å²) in [7, 11) is 1.34. The number of nitrogens with zero attached hydrogens (tertiary/aromatic N) is 1. The molecule has 1 aromatic carbocycles. The summed E-state index contributed by atoms with van der Waals surface area (Å²) in [6.07, 6.45) is 0.835. The van der Waals surface area contributed by atoms with E-state index in [2.05, 4.69) is 10.8 Å². The number of ether oxygens (including phenoxy) is 1. The normalized spacial score (nSPS) is 9.62. The third-order valence-corrected chi connectivity index (χ3v) is 2.56. The van der Waals surface area contributed by atoms with Gasteiger partial charge >= 0.3 is 5.97 Å². The monoisotopic (exact) mass is 237 g/mol. The van der Waals surface area contributed by atoms with Crippen LogP contribution in [0.5, 0.6) is 0 Å². The van der Waals surface area contributed by atoms with Gasteiger partial charge in [0.2, 0.25) is 0 Å². The van der Waals surface area contributed by atoms with Crippen LogP contribution in [0, 0.1) is 11.3 Å². The number of methoxy groups -OCH3 is 1. The molecule has 0 heterocycles. The second-order valence-corrected chi connectivity index (χ2v) is 3.75. The molecule has 3 nitrogen and oxygen atoms in total. The average Bonchev–Trinajstić information content (AvgIpc) is 2.28. The fourth-order valence-electron chi connectivity index (χ4n) is 1.60. The van der Waals surface area contributed by atoms with Gasteiger partial charge in [-0.3, -0.25) is 4.79 Å². The standard InChI is InChI=1S/C12H12ClNO2/c1-3-11-8(6-12(15)16-2)4-10(13)5-9(11)7-14/h4-5H,3,6H2,1-2H3. The largest absolute Gasteiger partial charge is 0.469 e. The maximum atomic E-state index is 11.2. The summed E-state index contributed by atoms with van der Waals surface area (Å²) in [5, 5.41) is 9.43. The van der Waals surface area contributed by atoms with Crippen molar-refractivity contribution >= 4 is 17.6 Å². The van der Waals surface area contributed by atoms with Crippen LogP contribution >= 0.6 is 11.6 Å². The Kier molecular flexibility index (Phi) is 4.33. The molecular formula is C12H12ClNO2. The third kappa shape index (κ3) is 2.74. The molecule has 0 aliphatic rings. The van der Waals surface area contributed by atoms with Crippen molar-refractivity contribution in [1.82, 2.24) is 0 Å². The van der Waals surface area contributed by atoms with Crippen molar-refractivity contribution in [2.24, 2.45) is 0 Å². The van der Waals surface area contributed by atoms with Crippen molar-refractivity contribution in [2.75, 3.05) is 7.11 Å². The lowest BCUT2D eigenvalue weighted by Crippen LogP contribution is -2.07. The minimum atomic E-state index is -0.333. The van der Waals surface area contributed by atoms with E-state index in [1.807, 2.05) is 6.92 Å². The highest BCUT2D eigenvalue weighted by Crippen LogP contribution is 2.22.